The van der Waals surface area contributed by atoms with Crippen LogP contribution in [0.3, 0.4) is 0 Å². The predicted molar refractivity (Wildman–Crippen MR) is 145 cm³/mol. The van der Waals surface area contributed by atoms with Crippen LogP contribution < -0.4 is 0 Å². The average Bonchev–Trinajstić information content (AvgIpc) is 3.30. The highest BCUT2D eigenvalue weighted by atomic mass is 16.6. The van der Waals surface area contributed by atoms with Gasteiger partial charge in [-0.1, -0.05) is 97.1 Å². The third-order valence-electron chi connectivity index (χ3n) is 6.62. The molecule has 196 valence electrons. The number of hydrogen-bond acceptors (Lipinski definition) is 5. The van der Waals surface area contributed by atoms with Crippen LogP contribution in [-0.4, -0.2) is 42.2 Å². The van der Waals surface area contributed by atoms with Crippen LogP contribution in [0.2, 0.25) is 0 Å². The van der Waals surface area contributed by atoms with Gasteiger partial charge in [-0.15, -0.1) is 6.58 Å². The SMILES string of the molecule is C=CCC[C@@H](O)[C@H]1O[C@H](CCOCc2ccccc2)[C@H](OCc2ccccc2)[C@H]1OCc1ccccc1. The highest BCUT2D eigenvalue weighted by Gasteiger charge is 2.48. The zero-order valence-corrected chi connectivity index (χ0v) is 21.4. The largest absolute Gasteiger partial charge is 0.390 e. The Balaban J connectivity index is 1.46. The van der Waals surface area contributed by atoms with Crippen LogP contribution in [0.25, 0.3) is 0 Å². The second kappa shape index (κ2) is 14.8. The Hall–Kier alpha value is -2.80. The van der Waals surface area contributed by atoms with E-state index in [1.165, 1.54) is 0 Å². The van der Waals surface area contributed by atoms with Crippen LogP contribution in [0.4, 0.5) is 0 Å². The van der Waals surface area contributed by atoms with Gasteiger partial charge >= 0.3 is 0 Å². The molecule has 3 aromatic rings. The molecule has 5 nitrogen and oxygen atoms in total. The molecule has 37 heavy (non-hydrogen) atoms. The summed E-state index contributed by atoms with van der Waals surface area (Å²) in [6, 6.07) is 30.3. The fourth-order valence-electron chi connectivity index (χ4n) is 4.64. The lowest BCUT2D eigenvalue weighted by molar-refractivity contribution is -0.101. The van der Waals surface area contributed by atoms with Gasteiger partial charge in [-0.3, -0.25) is 0 Å². The number of aliphatic hydroxyl groups is 1. The van der Waals surface area contributed by atoms with Crippen molar-refractivity contribution < 1.29 is 24.1 Å². The maximum absolute atomic E-state index is 11.0. The van der Waals surface area contributed by atoms with Crippen molar-refractivity contribution in [2.24, 2.45) is 0 Å². The Morgan fingerprint density at radius 3 is 1.81 bits per heavy atom. The summed E-state index contributed by atoms with van der Waals surface area (Å²) in [5, 5.41) is 11.0. The van der Waals surface area contributed by atoms with Gasteiger partial charge in [0.2, 0.25) is 0 Å². The minimum Gasteiger partial charge on any atom is -0.390 e. The van der Waals surface area contributed by atoms with Crippen molar-refractivity contribution in [2.45, 2.75) is 69.6 Å². The Kier molecular flexibility index (Phi) is 10.9. The quantitative estimate of drug-likeness (QED) is 0.208. The highest BCUT2D eigenvalue weighted by molar-refractivity contribution is 5.15. The van der Waals surface area contributed by atoms with Crippen molar-refractivity contribution in [3.63, 3.8) is 0 Å². The summed E-state index contributed by atoms with van der Waals surface area (Å²) in [6.07, 6.45) is 1.52. The monoisotopic (exact) mass is 502 g/mol. The van der Waals surface area contributed by atoms with E-state index in [2.05, 4.69) is 18.7 Å². The molecule has 1 aliphatic rings. The molecule has 0 aliphatic carbocycles. The average molecular weight is 503 g/mol. The summed E-state index contributed by atoms with van der Waals surface area (Å²) >= 11 is 0. The van der Waals surface area contributed by atoms with Gasteiger partial charge in [0.05, 0.1) is 32.0 Å². The lowest BCUT2D eigenvalue weighted by Gasteiger charge is -2.27. The van der Waals surface area contributed by atoms with E-state index in [1.54, 1.807) is 0 Å². The second-order valence-electron chi connectivity index (χ2n) is 9.42. The van der Waals surface area contributed by atoms with Gasteiger partial charge in [0, 0.05) is 6.61 Å². The third kappa shape index (κ3) is 8.35. The van der Waals surface area contributed by atoms with Gasteiger partial charge in [-0.05, 0) is 36.0 Å². The molecule has 1 N–H and O–H groups in total. The molecule has 4 rings (SSSR count). The van der Waals surface area contributed by atoms with Crippen LogP contribution in [0.5, 0.6) is 0 Å². The molecule has 3 aromatic carbocycles. The fourth-order valence-corrected chi connectivity index (χ4v) is 4.64. The first kappa shape index (κ1) is 27.2. The molecule has 0 bridgehead atoms. The van der Waals surface area contributed by atoms with Crippen molar-refractivity contribution in [1.29, 1.82) is 0 Å². The van der Waals surface area contributed by atoms with Crippen molar-refractivity contribution in [3.05, 3.63) is 120 Å². The maximum atomic E-state index is 11.0. The van der Waals surface area contributed by atoms with Crippen LogP contribution in [0.15, 0.2) is 104 Å². The number of aliphatic hydroxyl groups excluding tert-OH is 1. The Morgan fingerprint density at radius 1 is 0.757 bits per heavy atom. The summed E-state index contributed by atoms with van der Waals surface area (Å²) < 4.78 is 25.3. The maximum Gasteiger partial charge on any atom is 0.115 e. The molecule has 0 spiro atoms. The van der Waals surface area contributed by atoms with Gasteiger partial charge in [0.1, 0.15) is 18.3 Å². The smallest absolute Gasteiger partial charge is 0.115 e. The molecule has 1 heterocycles. The molecular weight excluding hydrogens is 464 g/mol. The lowest BCUT2D eigenvalue weighted by Crippen LogP contribution is -2.42. The predicted octanol–water partition coefficient (Wildman–Crippen LogP) is 5.86. The van der Waals surface area contributed by atoms with E-state index in [0.717, 1.165) is 16.7 Å². The summed E-state index contributed by atoms with van der Waals surface area (Å²) in [6.45, 7) is 5.72. The standard InChI is InChI=1S/C32H38O5/c1-2-3-19-28(33)30-32(36-24-27-17-11-6-12-18-27)31(35-23-26-15-9-5-10-16-26)29(37-30)20-21-34-22-25-13-7-4-8-14-25/h2,4-18,28-33H,1,3,19-24H2/t28-,29-,30-,31+,32+/m1/s1. The van der Waals surface area contributed by atoms with Crippen molar-refractivity contribution in [3.8, 4) is 0 Å². The molecule has 1 aliphatic heterocycles. The first-order valence-electron chi connectivity index (χ1n) is 13.1. The number of hydrogen-bond donors (Lipinski definition) is 1. The first-order chi connectivity index (χ1) is 18.2. The number of ether oxygens (including phenoxy) is 4. The molecule has 0 amide bonds. The zero-order valence-electron chi connectivity index (χ0n) is 21.4. The second-order valence-corrected chi connectivity index (χ2v) is 9.42. The van der Waals surface area contributed by atoms with Crippen molar-refractivity contribution >= 4 is 0 Å². The van der Waals surface area contributed by atoms with Gasteiger partial charge in [-0.2, -0.15) is 0 Å². The van der Waals surface area contributed by atoms with Gasteiger partial charge in [0.25, 0.3) is 0 Å². The summed E-state index contributed by atoms with van der Waals surface area (Å²) in [5.74, 6) is 0. The lowest BCUT2D eigenvalue weighted by atomic mass is 9.99. The Labute approximate surface area is 220 Å². The molecule has 0 aromatic heterocycles. The molecule has 1 saturated heterocycles. The minimum atomic E-state index is -0.683. The van der Waals surface area contributed by atoms with Crippen LogP contribution in [0.1, 0.15) is 36.0 Å². The Bertz CT molecular complexity index is 1030. The van der Waals surface area contributed by atoms with E-state index in [1.807, 2.05) is 84.9 Å². The van der Waals surface area contributed by atoms with Gasteiger partial charge in [-0.25, -0.2) is 0 Å². The summed E-state index contributed by atoms with van der Waals surface area (Å²) in [7, 11) is 0. The third-order valence-corrected chi connectivity index (χ3v) is 6.62. The molecule has 5 heteroatoms. The van der Waals surface area contributed by atoms with E-state index in [-0.39, 0.29) is 12.2 Å². The van der Waals surface area contributed by atoms with Gasteiger partial charge in [0.15, 0.2) is 0 Å². The number of allylic oxidation sites excluding steroid dienone is 1. The molecule has 5 atom stereocenters. The van der Waals surface area contributed by atoms with E-state index in [0.29, 0.717) is 45.7 Å². The number of benzene rings is 3. The van der Waals surface area contributed by atoms with Crippen LogP contribution in [-0.2, 0) is 38.8 Å². The van der Waals surface area contributed by atoms with E-state index in [4.69, 9.17) is 18.9 Å². The topological polar surface area (TPSA) is 57.2 Å². The zero-order chi connectivity index (χ0) is 25.7. The van der Waals surface area contributed by atoms with E-state index >= 15 is 0 Å². The highest BCUT2D eigenvalue weighted by Crippen LogP contribution is 2.33. The van der Waals surface area contributed by atoms with Crippen LogP contribution in [0, 0.1) is 0 Å². The minimum absolute atomic E-state index is 0.261. The normalized spacial score (nSPS) is 22.1. The summed E-state index contributed by atoms with van der Waals surface area (Å²) in [5.41, 5.74) is 3.28. The fraction of sp³-hybridized carbons (Fsp3) is 0.375. The summed E-state index contributed by atoms with van der Waals surface area (Å²) in [4.78, 5) is 0. The molecule has 0 radical (unpaired) electrons. The number of rotatable bonds is 15. The van der Waals surface area contributed by atoms with Gasteiger partial charge < -0.3 is 24.1 Å². The molecule has 0 saturated carbocycles. The van der Waals surface area contributed by atoms with Crippen molar-refractivity contribution in [1.82, 2.24) is 0 Å². The Morgan fingerprint density at radius 2 is 1.27 bits per heavy atom. The van der Waals surface area contributed by atoms with Crippen molar-refractivity contribution in [2.75, 3.05) is 6.61 Å². The van der Waals surface area contributed by atoms with E-state index < -0.39 is 18.3 Å². The van der Waals surface area contributed by atoms with Crippen LogP contribution >= 0.6 is 0 Å². The molecule has 1 fully saturated rings. The molecule has 0 unspecified atom stereocenters. The molecular formula is C32H38O5. The van der Waals surface area contributed by atoms with E-state index in [9.17, 15) is 5.11 Å². The first-order valence-corrected chi connectivity index (χ1v) is 13.1.